The Labute approximate surface area is 102 Å². The van der Waals surface area contributed by atoms with Gasteiger partial charge in [0.05, 0.1) is 17.9 Å². The molecular weight excluding hydrogens is 248 g/mol. The molecule has 5 heteroatoms. The van der Waals surface area contributed by atoms with Crippen molar-refractivity contribution in [3.8, 4) is 0 Å². The van der Waals surface area contributed by atoms with Crippen LogP contribution in [0.3, 0.4) is 0 Å². The van der Waals surface area contributed by atoms with Crippen molar-refractivity contribution in [3.05, 3.63) is 29.3 Å². The number of carbonyl (C=O) groups is 1. The number of rotatable bonds is 5. The van der Waals surface area contributed by atoms with Gasteiger partial charge in [-0.25, -0.2) is 0 Å². The molecule has 0 heterocycles. The largest absolute Gasteiger partial charge is 0.469 e. The molecule has 0 N–H and O–H groups in total. The van der Waals surface area contributed by atoms with E-state index in [0.717, 1.165) is 4.90 Å². The van der Waals surface area contributed by atoms with Crippen molar-refractivity contribution in [1.82, 2.24) is 0 Å². The number of benzene rings is 1. The number of hydrogen-bond donors (Lipinski definition) is 0. The molecule has 1 rings (SSSR count). The normalized spacial score (nSPS) is 12.1. The van der Waals surface area contributed by atoms with Crippen molar-refractivity contribution in [2.75, 3.05) is 12.9 Å². The summed E-state index contributed by atoms with van der Waals surface area (Å²) in [5, 5.41) is 0.621. The van der Waals surface area contributed by atoms with Gasteiger partial charge in [0.1, 0.15) is 0 Å². The van der Waals surface area contributed by atoms with Gasteiger partial charge in [-0.1, -0.05) is 11.6 Å². The van der Waals surface area contributed by atoms with E-state index in [4.69, 9.17) is 11.6 Å². The molecule has 0 radical (unpaired) electrons. The summed E-state index contributed by atoms with van der Waals surface area (Å²) >= 11 is 5.72. The van der Waals surface area contributed by atoms with E-state index in [1.54, 1.807) is 24.3 Å². The SMILES string of the molecule is COC(=O)CCCS(=O)c1ccc(Cl)cc1. The molecule has 1 aromatic rings. The number of carbonyl (C=O) groups excluding carboxylic acids is 1. The lowest BCUT2D eigenvalue weighted by molar-refractivity contribution is -0.140. The molecule has 0 spiro atoms. The predicted molar refractivity (Wildman–Crippen MR) is 64.0 cm³/mol. The van der Waals surface area contributed by atoms with Crippen LogP contribution in [0.25, 0.3) is 0 Å². The molecule has 0 saturated carbocycles. The Morgan fingerprint density at radius 1 is 1.38 bits per heavy atom. The minimum Gasteiger partial charge on any atom is -0.469 e. The summed E-state index contributed by atoms with van der Waals surface area (Å²) < 4.78 is 16.2. The lowest BCUT2D eigenvalue weighted by Gasteiger charge is -2.02. The first-order valence-electron chi connectivity index (χ1n) is 4.84. The molecule has 0 aliphatic rings. The van der Waals surface area contributed by atoms with Gasteiger partial charge < -0.3 is 4.74 Å². The highest BCUT2D eigenvalue weighted by molar-refractivity contribution is 7.85. The van der Waals surface area contributed by atoms with Gasteiger partial charge in [0, 0.05) is 22.1 Å². The van der Waals surface area contributed by atoms with Crippen molar-refractivity contribution < 1.29 is 13.7 Å². The Bertz CT molecular complexity index is 375. The second-order valence-corrected chi connectivity index (χ2v) is 5.19. The summed E-state index contributed by atoms with van der Waals surface area (Å²) in [7, 11) is 0.269. The predicted octanol–water partition coefficient (Wildman–Crippen LogP) is 2.40. The lowest BCUT2D eigenvalue weighted by atomic mass is 10.3. The van der Waals surface area contributed by atoms with Crippen LogP contribution < -0.4 is 0 Å². The first kappa shape index (κ1) is 13.2. The Morgan fingerprint density at radius 3 is 2.56 bits per heavy atom. The molecule has 0 aromatic heterocycles. The van der Waals surface area contributed by atoms with Crippen LogP contribution in [-0.4, -0.2) is 23.0 Å². The molecule has 0 bridgehead atoms. The average molecular weight is 261 g/mol. The fraction of sp³-hybridized carbons (Fsp3) is 0.364. The van der Waals surface area contributed by atoms with Gasteiger partial charge in [-0.3, -0.25) is 9.00 Å². The number of halogens is 1. The molecule has 3 nitrogen and oxygen atoms in total. The minimum atomic E-state index is -1.08. The summed E-state index contributed by atoms with van der Waals surface area (Å²) in [5.41, 5.74) is 0. The fourth-order valence-electron chi connectivity index (χ4n) is 1.15. The first-order chi connectivity index (χ1) is 7.63. The zero-order chi connectivity index (χ0) is 12.0. The molecule has 1 atom stereocenters. The maximum absolute atomic E-state index is 11.7. The maximum Gasteiger partial charge on any atom is 0.305 e. The van der Waals surface area contributed by atoms with E-state index < -0.39 is 10.8 Å². The number of methoxy groups -OCH3 is 1. The summed E-state index contributed by atoms with van der Waals surface area (Å²) in [6.45, 7) is 0. The first-order valence-corrected chi connectivity index (χ1v) is 6.54. The van der Waals surface area contributed by atoms with Gasteiger partial charge in [0.25, 0.3) is 0 Å². The van der Waals surface area contributed by atoms with Gasteiger partial charge in [-0.2, -0.15) is 0 Å². The third kappa shape index (κ3) is 4.33. The molecule has 0 aliphatic carbocycles. The van der Waals surface area contributed by atoms with Crippen LogP contribution in [0, 0.1) is 0 Å². The van der Waals surface area contributed by atoms with Crippen molar-refractivity contribution >= 4 is 28.4 Å². The van der Waals surface area contributed by atoms with E-state index >= 15 is 0 Å². The van der Waals surface area contributed by atoms with Gasteiger partial charge >= 0.3 is 5.97 Å². The van der Waals surface area contributed by atoms with Crippen molar-refractivity contribution in [2.24, 2.45) is 0 Å². The van der Waals surface area contributed by atoms with Crippen LogP contribution in [0.2, 0.25) is 5.02 Å². The summed E-state index contributed by atoms with van der Waals surface area (Å²) in [6, 6.07) is 6.87. The molecule has 0 aliphatic heterocycles. The molecule has 16 heavy (non-hydrogen) atoms. The lowest BCUT2D eigenvalue weighted by Crippen LogP contribution is -2.04. The standard InChI is InChI=1S/C11H13ClO3S/c1-15-11(13)3-2-8-16(14)10-6-4-9(12)5-7-10/h4-7H,2-3,8H2,1H3. The monoisotopic (exact) mass is 260 g/mol. The zero-order valence-corrected chi connectivity index (χ0v) is 10.5. The van der Waals surface area contributed by atoms with Crippen molar-refractivity contribution in [2.45, 2.75) is 17.7 Å². The molecule has 0 saturated heterocycles. The molecule has 0 fully saturated rings. The Balaban J connectivity index is 2.41. The molecular formula is C11H13ClO3S. The fourth-order valence-corrected chi connectivity index (χ4v) is 2.36. The van der Waals surface area contributed by atoms with E-state index in [0.29, 0.717) is 23.6 Å². The molecule has 88 valence electrons. The Morgan fingerprint density at radius 2 is 2.00 bits per heavy atom. The molecule has 1 unspecified atom stereocenters. The van der Waals surface area contributed by atoms with Crippen LogP contribution in [0.1, 0.15) is 12.8 Å². The van der Waals surface area contributed by atoms with Crippen LogP contribution in [0.4, 0.5) is 0 Å². The topological polar surface area (TPSA) is 43.4 Å². The van der Waals surface area contributed by atoms with E-state index in [9.17, 15) is 9.00 Å². The second kappa shape index (κ2) is 6.66. The van der Waals surface area contributed by atoms with E-state index in [1.807, 2.05) is 0 Å². The minimum absolute atomic E-state index is 0.270. The highest BCUT2D eigenvalue weighted by atomic mass is 35.5. The van der Waals surface area contributed by atoms with Gasteiger partial charge in [-0.15, -0.1) is 0 Å². The smallest absolute Gasteiger partial charge is 0.305 e. The third-order valence-corrected chi connectivity index (χ3v) is 3.72. The molecule has 1 aromatic carbocycles. The molecule has 0 amide bonds. The van der Waals surface area contributed by atoms with Crippen LogP contribution in [0.5, 0.6) is 0 Å². The van der Waals surface area contributed by atoms with Gasteiger partial charge in [-0.05, 0) is 30.7 Å². The van der Waals surface area contributed by atoms with E-state index in [-0.39, 0.29) is 5.97 Å². The Kier molecular flexibility index (Phi) is 5.49. The van der Waals surface area contributed by atoms with Crippen molar-refractivity contribution in [3.63, 3.8) is 0 Å². The van der Waals surface area contributed by atoms with Gasteiger partial charge in [0.2, 0.25) is 0 Å². The van der Waals surface area contributed by atoms with Crippen LogP contribution >= 0.6 is 11.6 Å². The van der Waals surface area contributed by atoms with Crippen LogP contribution in [0.15, 0.2) is 29.2 Å². The summed E-state index contributed by atoms with van der Waals surface area (Å²) in [6.07, 6.45) is 0.859. The number of hydrogen-bond acceptors (Lipinski definition) is 3. The van der Waals surface area contributed by atoms with Crippen LogP contribution in [-0.2, 0) is 20.3 Å². The third-order valence-electron chi connectivity index (χ3n) is 2.01. The average Bonchev–Trinajstić information content (AvgIpc) is 2.29. The van der Waals surface area contributed by atoms with E-state index in [1.165, 1.54) is 7.11 Å². The number of ether oxygens (including phenoxy) is 1. The van der Waals surface area contributed by atoms with E-state index in [2.05, 4.69) is 4.74 Å². The summed E-state index contributed by atoms with van der Waals surface area (Å²) in [4.78, 5) is 11.6. The maximum atomic E-state index is 11.7. The van der Waals surface area contributed by atoms with Crippen molar-refractivity contribution in [1.29, 1.82) is 0 Å². The van der Waals surface area contributed by atoms with Gasteiger partial charge in [0.15, 0.2) is 0 Å². The second-order valence-electron chi connectivity index (χ2n) is 3.18. The zero-order valence-electron chi connectivity index (χ0n) is 8.94. The summed E-state index contributed by atoms with van der Waals surface area (Å²) in [5.74, 6) is 0.185. The number of esters is 1. The highest BCUT2D eigenvalue weighted by Crippen LogP contribution is 2.13. The highest BCUT2D eigenvalue weighted by Gasteiger charge is 2.06. The quantitative estimate of drug-likeness (QED) is 0.764. The Hall–Kier alpha value is -0.870.